The molecule has 0 spiro atoms. The second-order valence-electron chi connectivity index (χ2n) is 1.27. The molecule has 0 unspecified atom stereocenters. The monoisotopic (exact) mass is 118 g/mol. The number of nitrogens with one attached hydrogen (secondary N) is 1. The lowest BCUT2D eigenvalue weighted by atomic mass is 10.6. The second kappa shape index (κ2) is 4.55. The molecule has 0 aliphatic heterocycles. The van der Waals surface area contributed by atoms with Crippen molar-refractivity contribution in [1.29, 1.82) is 0 Å². The number of hydrogen-bond donors (Lipinski definition) is 2. The van der Waals surface area contributed by atoms with Crippen molar-refractivity contribution in [3.05, 3.63) is 0 Å². The third-order valence-electron chi connectivity index (χ3n) is 0.558. The van der Waals surface area contributed by atoms with E-state index in [0.29, 0.717) is 6.54 Å². The Hall–Kier alpha value is -0.610. The summed E-state index contributed by atoms with van der Waals surface area (Å²) in [4.78, 5) is 9.62. The fourth-order valence-electron chi connectivity index (χ4n) is 0.270. The van der Waals surface area contributed by atoms with E-state index in [4.69, 9.17) is 5.11 Å². The first-order chi connectivity index (χ1) is 3.77. The molecule has 0 atom stereocenters. The molecule has 0 aliphatic rings. The Morgan fingerprint density at radius 1 is 1.62 bits per heavy atom. The van der Waals surface area contributed by atoms with Gasteiger partial charge in [-0.1, -0.05) is 0 Å². The molecular weight excluding hydrogens is 110 g/mol. The first kappa shape index (κ1) is 7.39. The number of carbonyl (C=O) groups is 1. The van der Waals surface area contributed by atoms with E-state index in [2.05, 4.69) is 5.32 Å². The SMILES string of the molecule is [O]C(=O)CNCCO. The average Bonchev–Trinajstić information content (AvgIpc) is 1.66. The van der Waals surface area contributed by atoms with Gasteiger partial charge in [0.15, 0.2) is 0 Å². The van der Waals surface area contributed by atoms with Crippen LogP contribution in [0.2, 0.25) is 0 Å². The van der Waals surface area contributed by atoms with Gasteiger partial charge >= 0.3 is 5.97 Å². The van der Waals surface area contributed by atoms with Crippen LogP contribution in [0.1, 0.15) is 0 Å². The lowest BCUT2D eigenvalue weighted by molar-refractivity contribution is -0.141. The van der Waals surface area contributed by atoms with E-state index >= 15 is 0 Å². The predicted octanol–water partition coefficient (Wildman–Crippen LogP) is -1.47. The van der Waals surface area contributed by atoms with Crippen LogP contribution in [0.25, 0.3) is 0 Å². The van der Waals surface area contributed by atoms with E-state index < -0.39 is 5.97 Å². The van der Waals surface area contributed by atoms with Crippen LogP contribution in [-0.4, -0.2) is 30.8 Å². The zero-order valence-electron chi connectivity index (χ0n) is 4.39. The number of rotatable bonds is 4. The first-order valence-electron chi connectivity index (χ1n) is 2.29. The molecule has 0 rings (SSSR count). The Bertz CT molecular complexity index is 73.7. The summed E-state index contributed by atoms with van der Waals surface area (Å²) in [6.45, 7) is 0.0574. The minimum absolute atomic E-state index is 0.0483. The second-order valence-corrected chi connectivity index (χ2v) is 1.27. The van der Waals surface area contributed by atoms with Crippen molar-refractivity contribution in [2.24, 2.45) is 0 Å². The van der Waals surface area contributed by atoms with Gasteiger partial charge < -0.3 is 10.4 Å². The van der Waals surface area contributed by atoms with Crippen molar-refractivity contribution in [1.82, 2.24) is 5.32 Å². The summed E-state index contributed by atoms with van der Waals surface area (Å²) in [6, 6.07) is 0. The average molecular weight is 118 g/mol. The Labute approximate surface area is 47.1 Å². The van der Waals surface area contributed by atoms with Gasteiger partial charge in [-0.05, 0) is 0 Å². The van der Waals surface area contributed by atoms with Gasteiger partial charge in [-0.2, -0.15) is 0 Å². The molecule has 0 heterocycles. The first-order valence-corrected chi connectivity index (χ1v) is 2.29. The fourth-order valence-corrected chi connectivity index (χ4v) is 0.270. The highest BCUT2D eigenvalue weighted by atomic mass is 16.4. The van der Waals surface area contributed by atoms with Crippen LogP contribution in [0.4, 0.5) is 0 Å². The summed E-state index contributed by atoms with van der Waals surface area (Å²) < 4.78 is 0. The smallest absolute Gasteiger partial charge is 0.369 e. The zero-order chi connectivity index (χ0) is 6.41. The van der Waals surface area contributed by atoms with Gasteiger partial charge in [-0.15, -0.1) is 0 Å². The molecule has 0 amide bonds. The largest absolute Gasteiger partial charge is 0.395 e. The highest BCUT2D eigenvalue weighted by Gasteiger charge is 1.94. The number of aliphatic hydroxyl groups is 1. The van der Waals surface area contributed by atoms with Crippen LogP contribution in [0.3, 0.4) is 0 Å². The van der Waals surface area contributed by atoms with E-state index in [1.165, 1.54) is 0 Å². The molecule has 8 heavy (non-hydrogen) atoms. The van der Waals surface area contributed by atoms with Gasteiger partial charge in [0.2, 0.25) is 0 Å². The third-order valence-corrected chi connectivity index (χ3v) is 0.558. The van der Waals surface area contributed by atoms with Gasteiger partial charge in [0.25, 0.3) is 0 Å². The van der Waals surface area contributed by atoms with Crippen LogP contribution in [-0.2, 0) is 9.90 Å². The lowest BCUT2D eigenvalue weighted by Gasteiger charge is -1.92. The zero-order valence-corrected chi connectivity index (χ0v) is 4.39. The normalized spacial score (nSPS) is 9.12. The predicted molar refractivity (Wildman–Crippen MR) is 25.6 cm³/mol. The molecule has 0 saturated carbocycles. The molecule has 0 aromatic heterocycles. The van der Waals surface area contributed by atoms with Crippen molar-refractivity contribution in [2.75, 3.05) is 19.7 Å². The molecule has 0 aliphatic carbocycles. The summed E-state index contributed by atoms with van der Waals surface area (Å²) in [5, 5.41) is 20.1. The summed E-state index contributed by atoms with van der Waals surface area (Å²) >= 11 is 0. The summed E-state index contributed by atoms with van der Waals surface area (Å²) in [7, 11) is 0. The summed E-state index contributed by atoms with van der Waals surface area (Å²) in [5.74, 6) is -1.15. The van der Waals surface area contributed by atoms with Crippen LogP contribution in [0, 0.1) is 0 Å². The van der Waals surface area contributed by atoms with E-state index in [-0.39, 0.29) is 13.2 Å². The third kappa shape index (κ3) is 5.39. The van der Waals surface area contributed by atoms with E-state index in [9.17, 15) is 9.90 Å². The van der Waals surface area contributed by atoms with Gasteiger partial charge in [0.05, 0.1) is 13.2 Å². The van der Waals surface area contributed by atoms with Crippen LogP contribution < -0.4 is 5.32 Å². The van der Waals surface area contributed by atoms with Crippen LogP contribution in [0.5, 0.6) is 0 Å². The molecule has 0 bridgehead atoms. The Kier molecular flexibility index (Phi) is 4.20. The molecule has 4 heteroatoms. The summed E-state index contributed by atoms with van der Waals surface area (Å²) in [5.41, 5.74) is 0. The quantitative estimate of drug-likeness (QED) is 0.442. The van der Waals surface area contributed by atoms with Crippen molar-refractivity contribution < 1.29 is 15.0 Å². The van der Waals surface area contributed by atoms with Gasteiger partial charge in [-0.3, -0.25) is 0 Å². The van der Waals surface area contributed by atoms with Crippen molar-refractivity contribution in [3.8, 4) is 0 Å². The number of carbonyl (C=O) groups excluding carboxylic acids is 1. The fraction of sp³-hybridized carbons (Fsp3) is 0.750. The maximum Gasteiger partial charge on any atom is 0.369 e. The number of hydrogen-bond acceptors (Lipinski definition) is 3. The number of aliphatic hydroxyl groups excluding tert-OH is 1. The highest BCUT2D eigenvalue weighted by Crippen LogP contribution is 1.59. The van der Waals surface area contributed by atoms with E-state index in [1.807, 2.05) is 0 Å². The van der Waals surface area contributed by atoms with Gasteiger partial charge in [0.1, 0.15) is 0 Å². The van der Waals surface area contributed by atoms with E-state index in [0.717, 1.165) is 0 Å². The summed E-state index contributed by atoms with van der Waals surface area (Å²) in [6.07, 6.45) is 0. The van der Waals surface area contributed by atoms with Crippen LogP contribution >= 0.6 is 0 Å². The Morgan fingerprint density at radius 3 is 2.62 bits per heavy atom. The van der Waals surface area contributed by atoms with E-state index in [1.54, 1.807) is 0 Å². The molecule has 0 aromatic carbocycles. The molecule has 0 fully saturated rings. The minimum Gasteiger partial charge on any atom is -0.395 e. The van der Waals surface area contributed by atoms with Crippen LogP contribution in [0.15, 0.2) is 0 Å². The van der Waals surface area contributed by atoms with Gasteiger partial charge in [-0.25, -0.2) is 9.90 Å². The molecule has 2 N–H and O–H groups in total. The van der Waals surface area contributed by atoms with Crippen molar-refractivity contribution >= 4 is 5.97 Å². The topological polar surface area (TPSA) is 69.2 Å². The lowest BCUT2D eigenvalue weighted by Crippen LogP contribution is -2.24. The van der Waals surface area contributed by atoms with Gasteiger partial charge in [0, 0.05) is 6.54 Å². The molecule has 0 aromatic rings. The standard InChI is InChI=1S/C4H8NO3/c6-2-1-5-3-4(7)8/h5-6H,1-3H2. The maximum atomic E-state index is 9.62. The molecular formula is C4H8NO3. The van der Waals surface area contributed by atoms with Crippen molar-refractivity contribution in [3.63, 3.8) is 0 Å². The Morgan fingerprint density at radius 2 is 2.25 bits per heavy atom. The Balaban J connectivity index is 2.82. The van der Waals surface area contributed by atoms with Crippen molar-refractivity contribution in [2.45, 2.75) is 0 Å². The molecule has 1 radical (unpaired) electrons. The molecule has 0 saturated heterocycles. The highest BCUT2D eigenvalue weighted by molar-refractivity contribution is 5.68. The molecule has 4 nitrogen and oxygen atoms in total. The molecule has 47 valence electrons. The maximum absolute atomic E-state index is 9.62. The minimum atomic E-state index is -1.15.